The molecule has 3 aromatic rings. The molecule has 0 saturated heterocycles. The molecular formula is C15H14N2O4. The summed E-state index contributed by atoms with van der Waals surface area (Å²) in [5, 5.41) is 3.22. The third-order valence-corrected chi connectivity index (χ3v) is 3.10. The molecule has 1 N–H and O–H groups in total. The van der Waals surface area contributed by atoms with E-state index in [0.717, 1.165) is 22.4 Å². The number of carbonyl (C=O) groups excluding carboxylic acids is 1. The smallest absolute Gasteiger partial charge is 0.374 e. The molecule has 3 rings (SSSR count). The van der Waals surface area contributed by atoms with Crippen LogP contribution in [0, 0.1) is 6.92 Å². The average Bonchev–Trinajstić information content (AvgIpc) is 3.08. The van der Waals surface area contributed by atoms with E-state index in [0.29, 0.717) is 12.4 Å². The number of esters is 1. The van der Waals surface area contributed by atoms with Crippen LogP contribution in [0.15, 0.2) is 39.4 Å². The van der Waals surface area contributed by atoms with Crippen LogP contribution in [-0.2, 0) is 11.3 Å². The molecule has 1 aromatic carbocycles. The highest BCUT2D eigenvalue weighted by Gasteiger charge is 2.15. The first-order chi connectivity index (χ1) is 10.2. The van der Waals surface area contributed by atoms with Gasteiger partial charge in [-0.15, -0.1) is 0 Å². The standard InChI is InChI=1S/C15H14N2O4/c1-9-17-12-7-11(3-4-13(12)21-9)16-8-10-5-6-20-14(10)15(18)19-2/h3-7,16H,8H2,1-2H3. The van der Waals surface area contributed by atoms with E-state index in [1.54, 1.807) is 13.0 Å². The van der Waals surface area contributed by atoms with Crippen molar-refractivity contribution in [1.29, 1.82) is 0 Å². The molecule has 0 fully saturated rings. The van der Waals surface area contributed by atoms with Gasteiger partial charge in [0.1, 0.15) is 5.52 Å². The Labute approximate surface area is 120 Å². The minimum absolute atomic E-state index is 0.211. The van der Waals surface area contributed by atoms with Crippen LogP contribution < -0.4 is 5.32 Å². The Morgan fingerprint density at radius 2 is 2.24 bits per heavy atom. The number of benzene rings is 1. The van der Waals surface area contributed by atoms with Crippen molar-refractivity contribution in [3.05, 3.63) is 47.7 Å². The van der Waals surface area contributed by atoms with E-state index in [2.05, 4.69) is 15.0 Å². The fourth-order valence-corrected chi connectivity index (χ4v) is 2.10. The second kappa shape index (κ2) is 5.32. The summed E-state index contributed by atoms with van der Waals surface area (Å²) in [6, 6.07) is 7.38. The molecule has 6 heteroatoms. The Morgan fingerprint density at radius 1 is 1.38 bits per heavy atom. The van der Waals surface area contributed by atoms with Crippen molar-refractivity contribution in [2.45, 2.75) is 13.5 Å². The lowest BCUT2D eigenvalue weighted by atomic mass is 10.2. The third kappa shape index (κ3) is 2.60. The molecule has 21 heavy (non-hydrogen) atoms. The van der Waals surface area contributed by atoms with Crippen LogP contribution in [-0.4, -0.2) is 18.1 Å². The maximum atomic E-state index is 11.5. The number of oxazole rings is 1. The number of fused-ring (bicyclic) bond motifs is 1. The van der Waals surface area contributed by atoms with Crippen LogP contribution in [0.2, 0.25) is 0 Å². The molecule has 0 radical (unpaired) electrons. The van der Waals surface area contributed by atoms with Crippen molar-refractivity contribution in [2.24, 2.45) is 0 Å². The van der Waals surface area contributed by atoms with E-state index in [-0.39, 0.29) is 5.76 Å². The number of hydrogen-bond acceptors (Lipinski definition) is 6. The largest absolute Gasteiger partial charge is 0.463 e. The number of hydrogen-bond donors (Lipinski definition) is 1. The topological polar surface area (TPSA) is 77.5 Å². The molecule has 0 aliphatic heterocycles. The molecule has 108 valence electrons. The Balaban J connectivity index is 1.77. The number of rotatable bonds is 4. The lowest BCUT2D eigenvalue weighted by Gasteiger charge is -2.05. The molecule has 0 amide bonds. The van der Waals surface area contributed by atoms with Gasteiger partial charge in [-0.25, -0.2) is 9.78 Å². The van der Waals surface area contributed by atoms with Gasteiger partial charge in [0.2, 0.25) is 5.76 Å². The zero-order valence-corrected chi connectivity index (χ0v) is 11.7. The number of carbonyl (C=O) groups is 1. The van der Waals surface area contributed by atoms with Crippen molar-refractivity contribution in [2.75, 3.05) is 12.4 Å². The van der Waals surface area contributed by atoms with Crippen LogP contribution >= 0.6 is 0 Å². The van der Waals surface area contributed by atoms with Crippen molar-refractivity contribution < 1.29 is 18.4 Å². The maximum absolute atomic E-state index is 11.5. The minimum atomic E-state index is -0.487. The number of aryl methyl sites for hydroxylation is 1. The van der Waals surface area contributed by atoms with Gasteiger partial charge in [-0.3, -0.25) is 0 Å². The highest BCUT2D eigenvalue weighted by molar-refractivity contribution is 5.88. The van der Waals surface area contributed by atoms with E-state index < -0.39 is 5.97 Å². The molecule has 0 bridgehead atoms. The molecule has 0 atom stereocenters. The van der Waals surface area contributed by atoms with Gasteiger partial charge in [0.05, 0.1) is 13.4 Å². The van der Waals surface area contributed by atoms with Gasteiger partial charge >= 0.3 is 5.97 Å². The van der Waals surface area contributed by atoms with Crippen LogP contribution in [0.25, 0.3) is 11.1 Å². The zero-order valence-electron chi connectivity index (χ0n) is 11.7. The second-order valence-electron chi connectivity index (χ2n) is 4.54. The molecule has 2 aromatic heterocycles. The lowest BCUT2D eigenvalue weighted by Crippen LogP contribution is -2.06. The van der Waals surface area contributed by atoms with Gasteiger partial charge in [-0.2, -0.15) is 0 Å². The van der Waals surface area contributed by atoms with Gasteiger partial charge < -0.3 is 18.9 Å². The summed E-state index contributed by atoms with van der Waals surface area (Å²) in [5.74, 6) is 0.354. The number of methoxy groups -OCH3 is 1. The highest BCUT2D eigenvalue weighted by atomic mass is 16.5. The van der Waals surface area contributed by atoms with Crippen LogP contribution in [0.5, 0.6) is 0 Å². The quantitative estimate of drug-likeness (QED) is 0.742. The Kier molecular flexibility index (Phi) is 3.35. The predicted octanol–water partition coefficient (Wildman–Crippen LogP) is 3.13. The van der Waals surface area contributed by atoms with Crippen LogP contribution in [0.3, 0.4) is 0 Å². The molecule has 0 aliphatic carbocycles. The Bertz CT molecular complexity index is 788. The monoisotopic (exact) mass is 286 g/mol. The molecule has 0 spiro atoms. The number of furan rings is 1. The summed E-state index contributed by atoms with van der Waals surface area (Å²) in [5.41, 5.74) is 3.15. The van der Waals surface area contributed by atoms with E-state index in [4.69, 9.17) is 8.83 Å². The highest BCUT2D eigenvalue weighted by Crippen LogP contribution is 2.21. The van der Waals surface area contributed by atoms with E-state index in [1.807, 2.05) is 18.2 Å². The first-order valence-electron chi connectivity index (χ1n) is 6.43. The van der Waals surface area contributed by atoms with Gasteiger partial charge in [-0.1, -0.05) is 0 Å². The number of ether oxygens (including phenoxy) is 1. The number of aromatic nitrogens is 1. The predicted molar refractivity (Wildman–Crippen MR) is 76.1 cm³/mol. The number of anilines is 1. The van der Waals surface area contributed by atoms with Crippen molar-refractivity contribution in [1.82, 2.24) is 4.98 Å². The SMILES string of the molecule is COC(=O)c1occc1CNc1ccc2oc(C)nc2c1. The van der Waals surface area contributed by atoms with Crippen molar-refractivity contribution in [3.63, 3.8) is 0 Å². The molecule has 0 aliphatic rings. The number of nitrogens with zero attached hydrogens (tertiary/aromatic N) is 1. The molecule has 0 unspecified atom stereocenters. The van der Waals surface area contributed by atoms with E-state index >= 15 is 0 Å². The van der Waals surface area contributed by atoms with Crippen molar-refractivity contribution >= 4 is 22.8 Å². The van der Waals surface area contributed by atoms with Crippen LogP contribution in [0.4, 0.5) is 5.69 Å². The summed E-state index contributed by atoms with van der Waals surface area (Å²) in [6.45, 7) is 2.25. The first-order valence-corrected chi connectivity index (χ1v) is 6.43. The lowest BCUT2D eigenvalue weighted by molar-refractivity contribution is 0.0563. The van der Waals surface area contributed by atoms with Gasteiger partial charge in [0.25, 0.3) is 0 Å². The minimum Gasteiger partial charge on any atom is -0.463 e. The summed E-state index contributed by atoms with van der Waals surface area (Å²) in [4.78, 5) is 15.8. The first kappa shape index (κ1) is 13.2. The third-order valence-electron chi connectivity index (χ3n) is 3.10. The second-order valence-corrected chi connectivity index (χ2v) is 4.54. The summed E-state index contributed by atoms with van der Waals surface area (Å²) in [6.07, 6.45) is 1.47. The Morgan fingerprint density at radius 3 is 3.05 bits per heavy atom. The summed E-state index contributed by atoms with van der Waals surface area (Å²) < 4.78 is 15.2. The molecule has 0 saturated carbocycles. The Hall–Kier alpha value is -2.76. The normalized spacial score (nSPS) is 10.8. The van der Waals surface area contributed by atoms with Gasteiger partial charge in [0, 0.05) is 24.7 Å². The number of nitrogens with one attached hydrogen (secondary N) is 1. The van der Waals surface area contributed by atoms with Gasteiger partial charge in [-0.05, 0) is 24.3 Å². The van der Waals surface area contributed by atoms with Gasteiger partial charge in [0.15, 0.2) is 11.5 Å². The summed E-state index contributed by atoms with van der Waals surface area (Å²) >= 11 is 0. The van der Waals surface area contributed by atoms with Crippen molar-refractivity contribution in [3.8, 4) is 0 Å². The fourth-order valence-electron chi connectivity index (χ4n) is 2.10. The summed E-state index contributed by atoms with van der Waals surface area (Å²) in [7, 11) is 1.32. The van der Waals surface area contributed by atoms with E-state index in [1.165, 1.54) is 13.4 Å². The van der Waals surface area contributed by atoms with Crippen LogP contribution in [0.1, 0.15) is 22.0 Å². The maximum Gasteiger partial charge on any atom is 0.374 e. The zero-order chi connectivity index (χ0) is 14.8. The molecular weight excluding hydrogens is 272 g/mol. The molecule has 2 heterocycles. The molecule has 6 nitrogen and oxygen atoms in total. The average molecular weight is 286 g/mol. The van der Waals surface area contributed by atoms with E-state index in [9.17, 15) is 4.79 Å². The fraction of sp³-hybridized carbons (Fsp3) is 0.200.